The van der Waals surface area contributed by atoms with Crippen LogP contribution >= 0.6 is 11.3 Å². The van der Waals surface area contributed by atoms with E-state index in [2.05, 4.69) is 25.9 Å². The normalized spacial score (nSPS) is 18.6. The van der Waals surface area contributed by atoms with Crippen molar-refractivity contribution in [2.45, 2.75) is 25.8 Å². The number of carbonyl (C=O) groups excluding carboxylic acids is 2. The number of pyridine rings is 2. The van der Waals surface area contributed by atoms with Gasteiger partial charge in [-0.25, -0.2) is 9.78 Å². The van der Waals surface area contributed by atoms with Gasteiger partial charge in [-0.15, -0.1) is 11.3 Å². The molecule has 1 fully saturated rings. The van der Waals surface area contributed by atoms with E-state index >= 15 is 0 Å². The average Bonchev–Trinajstić information content (AvgIpc) is 3.10. The van der Waals surface area contributed by atoms with Gasteiger partial charge in [-0.3, -0.25) is 14.7 Å². The molecule has 8 nitrogen and oxygen atoms in total. The maximum Gasteiger partial charge on any atom is 0.331 e. The van der Waals surface area contributed by atoms with Gasteiger partial charge in [-0.2, -0.15) is 0 Å². The first kappa shape index (κ1) is 18.0. The number of nitrogens with zero attached hydrogens (tertiary/aromatic N) is 3. The molecule has 0 spiro atoms. The van der Waals surface area contributed by atoms with E-state index in [1.54, 1.807) is 29.4 Å². The summed E-state index contributed by atoms with van der Waals surface area (Å²) in [6, 6.07) is 5.24. The van der Waals surface area contributed by atoms with Crippen LogP contribution in [0.2, 0.25) is 0 Å². The summed E-state index contributed by atoms with van der Waals surface area (Å²) in [4.78, 5) is 37.6. The first-order valence-electron chi connectivity index (χ1n) is 9.59. The SMILES string of the molecule is Cc1ncccc1N1C(=O)Nc2c(C(=O)N[C@@H]3CCCNC3)sc3nccc1c23. The third-order valence-electron chi connectivity index (χ3n) is 5.30. The molecule has 29 heavy (non-hydrogen) atoms. The fourth-order valence-electron chi connectivity index (χ4n) is 3.92. The number of piperidine rings is 1. The number of amides is 3. The topological polar surface area (TPSA) is 99.2 Å². The van der Waals surface area contributed by atoms with Crippen molar-refractivity contribution in [2.24, 2.45) is 0 Å². The third-order valence-corrected chi connectivity index (χ3v) is 6.40. The molecule has 0 unspecified atom stereocenters. The first-order valence-corrected chi connectivity index (χ1v) is 10.4. The molecule has 0 radical (unpaired) electrons. The van der Waals surface area contributed by atoms with Crippen LogP contribution in [-0.2, 0) is 0 Å². The maximum absolute atomic E-state index is 13.0. The predicted molar refractivity (Wildman–Crippen MR) is 113 cm³/mol. The van der Waals surface area contributed by atoms with Gasteiger partial charge in [0.2, 0.25) is 0 Å². The second kappa shape index (κ2) is 7.09. The van der Waals surface area contributed by atoms with E-state index in [0.29, 0.717) is 21.9 Å². The number of rotatable bonds is 3. The fraction of sp³-hybridized carbons (Fsp3) is 0.300. The molecule has 1 saturated heterocycles. The van der Waals surface area contributed by atoms with Gasteiger partial charge in [0.25, 0.3) is 5.91 Å². The lowest BCUT2D eigenvalue weighted by molar-refractivity contribution is 0.0935. The molecule has 0 saturated carbocycles. The van der Waals surface area contributed by atoms with E-state index in [1.165, 1.54) is 11.3 Å². The molecular weight excluding hydrogens is 388 g/mol. The van der Waals surface area contributed by atoms with Crippen molar-refractivity contribution in [2.75, 3.05) is 23.3 Å². The number of urea groups is 1. The van der Waals surface area contributed by atoms with Crippen molar-refractivity contribution < 1.29 is 9.59 Å². The lowest BCUT2D eigenvalue weighted by Crippen LogP contribution is -2.45. The number of aromatic nitrogens is 2. The van der Waals surface area contributed by atoms with Gasteiger partial charge in [0, 0.05) is 25.0 Å². The molecule has 3 N–H and O–H groups in total. The van der Waals surface area contributed by atoms with Gasteiger partial charge < -0.3 is 16.0 Å². The van der Waals surface area contributed by atoms with Crippen molar-refractivity contribution in [3.05, 3.63) is 41.2 Å². The van der Waals surface area contributed by atoms with Crippen LogP contribution in [0.1, 0.15) is 28.2 Å². The molecule has 2 aliphatic heterocycles. The van der Waals surface area contributed by atoms with Gasteiger partial charge in [-0.1, -0.05) is 0 Å². The molecular formula is C20H20N6O2S. The van der Waals surface area contributed by atoms with Crippen molar-refractivity contribution in [3.8, 4) is 0 Å². The largest absolute Gasteiger partial charge is 0.347 e. The lowest BCUT2D eigenvalue weighted by atomic mass is 10.1. The summed E-state index contributed by atoms with van der Waals surface area (Å²) in [7, 11) is 0. The molecule has 3 amide bonds. The smallest absolute Gasteiger partial charge is 0.331 e. The van der Waals surface area contributed by atoms with Gasteiger partial charge >= 0.3 is 6.03 Å². The Labute approximate surface area is 171 Å². The van der Waals surface area contributed by atoms with Gasteiger partial charge in [0.05, 0.1) is 28.1 Å². The summed E-state index contributed by atoms with van der Waals surface area (Å²) in [6.07, 6.45) is 5.35. The second-order valence-corrected chi connectivity index (χ2v) is 8.21. The summed E-state index contributed by atoms with van der Waals surface area (Å²) in [5.74, 6) is -0.172. The number of hydrogen-bond donors (Lipinski definition) is 3. The minimum Gasteiger partial charge on any atom is -0.347 e. The molecule has 0 bridgehead atoms. The molecule has 3 aromatic heterocycles. The minimum absolute atomic E-state index is 0.0925. The molecule has 0 aliphatic carbocycles. The molecule has 9 heteroatoms. The van der Waals surface area contributed by atoms with E-state index in [0.717, 1.165) is 41.8 Å². The highest BCUT2D eigenvalue weighted by molar-refractivity contribution is 7.21. The Morgan fingerprint density at radius 3 is 2.97 bits per heavy atom. The number of nitrogens with one attached hydrogen (secondary N) is 3. The lowest BCUT2D eigenvalue weighted by Gasteiger charge is -2.29. The highest BCUT2D eigenvalue weighted by Gasteiger charge is 2.33. The summed E-state index contributed by atoms with van der Waals surface area (Å²) in [6.45, 7) is 3.60. The minimum atomic E-state index is -0.312. The summed E-state index contributed by atoms with van der Waals surface area (Å²) >= 11 is 1.30. The van der Waals surface area contributed by atoms with E-state index in [4.69, 9.17) is 0 Å². The molecule has 2 aliphatic rings. The van der Waals surface area contributed by atoms with Gasteiger partial charge in [0.1, 0.15) is 9.71 Å². The van der Waals surface area contributed by atoms with Gasteiger partial charge in [0.15, 0.2) is 0 Å². The molecule has 3 aromatic rings. The molecule has 0 aromatic carbocycles. The Bertz CT molecular complexity index is 1120. The zero-order valence-corrected chi connectivity index (χ0v) is 16.7. The number of anilines is 3. The van der Waals surface area contributed by atoms with Crippen LogP contribution in [0.3, 0.4) is 0 Å². The highest BCUT2D eigenvalue weighted by Crippen LogP contribution is 2.45. The first-order chi connectivity index (χ1) is 14.1. The van der Waals surface area contributed by atoms with Crippen LogP contribution in [0.5, 0.6) is 0 Å². The monoisotopic (exact) mass is 408 g/mol. The highest BCUT2D eigenvalue weighted by atomic mass is 32.1. The van der Waals surface area contributed by atoms with E-state index < -0.39 is 0 Å². The Hall–Kier alpha value is -3.04. The Morgan fingerprint density at radius 1 is 1.28 bits per heavy atom. The Balaban J connectivity index is 1.58. The summed E-state index contributed by atoms with van der Waals surface area (Å²) in [5, 5.41) is 10.1. The van der Waals surface area contributed by atoms with Gasteiger partial charge in [-0.05, 0) is 44.5 Å². The van der Waals surface area contributed by atoms with Crippen molar-refractivity contribution in [1.29, 1.82) is 0 Å². The standard InChI is InChI=1S/C20H20N6O2S/c1-11-13(5-3-8-22-11)26-14-6-9-23-19-15(14)16(25-20(26)28)17(29-19)18(27)24-12-4-2-7-21-10-12/h3,5-6,8-9,12,21H,2,4,7,10H2,1H3,(H,24,27)(H,25,28)/t12-/m1/s1. The summed E-state index contributed by atoms with van der Waals surface area (Å²) in [5.41, 5.74) is 2.69. The third kappa shape index (κ3) is 3.02. The van der Waals surface area contributed by atoms with E-state index in [1.807, 2.05) is 13.0 Å². The quantitative estimate of drug-likeness (QED) is 0.618. The van der Waals surface area contributed by atoms with Crippen molar-refractivity contribution in [1.82, 2.24) is 20.6 Å². The zero-order chi connectivity index (χ0) is 20.0. The predicted octanol–water partition coefficient (Wildman–Crippen LogP) is 3.17. The average molecular weight is 408 g/mol. The van der Waals surface area contributed by atoms with Crippen LogP contribution in [0, 0.1) is 6.92 Å². The number of carbonyl (C=O) groups is 2. The molecule has 5 heterocycles. The number of aryl methyl sites for hydroxylation is 1. The molecule has 5 rings (SSSR count). The van der Waals surface area contributed by atoms with Crippen LogP contribution in [0.25, 0.3) is 10.2 Å². The van der Waals surface area contributed by atoms with Crippen LogP contribution in [0.4, 0.5) is 21.9 Å². The van der Waals surface area contributed by atoms with Crippen LogP contribution in [-0.4, -0.2) is 41.0 Å². The molecule has 1 atom stereocenters. The number of thiophene rings is 1. The molecule has 148 valence electrons. The van der Waals surface area contributed by atoms with E-state index in [9.17, 15) is 9.59 Å². The van der Waals surface area contributed by atoms with Crippen LogP contribution in [0.15, 0.2) is 30.6 Å². The zero-order valence-electron chi connectivity index (χ0n) is 15.9. The summed E-state index contributed by atoms with van der Waals surface area (Å²) < 4.78 is 0. The Kier molecular flexibility index (Phi) is 4.40. The number of hydrogen-bond acceptors (Lipinski definition) is 6. The van der Waals surface area contributed by atoms with Crippen molar-refractivity contribution in [3.63, 3.8) is 0 Å². The van der Waals surface area contributed by atoms with Crippen molar-refractivity contribution >= 4 is 50.6 Å². The second-order valence-electron chi connectivity index (χ2n) is 7.21. The van der Waals surface area contributed by atoms with Crippen LogP contribution < -0.4 is 20.9 Å². The Morgan fingerprint density at radius 2 is 2.17 bits per heavy atom. The van der Waals surface area contributed by atoms with E-state index in [-0.39, 0.29) is 18.0 Å². The maximum atomic E-state index is 13.0. The fourth-order valence-corrected chi connectivity index (χ4v) is 4.94.